The maximum absolute atomic E-state index is 9.94. The van der Waals surface area contributed by atoms with Crippen molar-refractivity contribution in [2.45, 2.75) is 12.6 Å². The summed E-state index contributed by atoms with van der Waals surface area (Å²) in [5, 5.41) is 9.94. The standard InChI is InChI=1S/C15H20N2O3/c1-17(10-15-3-2-8-19-15)9-13(18)11-20-14-6-4-12(16)5-7-14/h2-8,13,18H,9-11,16H2,1H3. The molecule has 0 aliphatic heterocycles. The third-order valence-electron chi connectivity index (χ3n) is 2.85. The number of anilines is 1. The number of ether oxygens (including phenoxy) is 1. The van der Waals surface area contributed by atoms with Gasteiger partial charge in [0.15, 0.2) is 0 Å². The van der Waals surface area contributed by atoms with E-state index in [4.69, 9.17) is 14.9 Å². The molecule has 5 nitrogen and oxygen atoms in total. The van der Waals surface area contributed by atoms with Gasteiger partial charge in [0.05, 0.1) is 12.8 Å². The SMILES string of the molecule is CN(Cc1ccco1)CC(O)COc1ccc(N)cc1. The molecular weight excluding hydrogens is 256 g/mol. The molecule has 0 bridgehead atoms. The monoisotopic (exact) mass is 276 g/mol. The van der Waals surface area contributed by atoms with Crippen LogP contribution in [0.25, 0.3) is 0 Å². The van der Waals surface area contributed by atoms with Crippen LogP contribution in [-0.2, 0) is 6.54 Å². The van der Waals surface area contributed by atoms with Gasteiger partial charge in [0.25, 0.3) is 0 Å². The van der Waals surface area contributed by atoms with E-state index in [2.05, 4.69) is 0 Å². The molecule has 3 N–H and O–H groups in total. The zero-order valence-corrected chi connectivity index (χ0v) is 11.5. The van der Waals surface area contributed by atoms with Crippen LogP contribution in [0.15, 0.2) is 47.1 Å². The number of likely N-dealkylation sites (N-methyl/N-ethyl adjacent to an activating group) is 1. The van der Waals surface area contributed by atoms with Crippen LogP contribution in [0.1, 0.15) is 5.76 Å². The summed E-state index contributed by atoms with van der Waals surface area (Å²) in [4.78, 5) is 1.98. The molecule has 1 aromatic carbocycles. The Morgan fingerprint density at radius 2 is 2.05 bits per heavy atom. The maximum Gasteiger partial charge on any atom is 0.119 e. The number of furan rings is 1. The van der Waals surface area contributed by atoms with Crippen molar-refractivity contribution in [1.82, 2.24) is 4.90 Å². The highest BCUT2D eigenvalue weighted by molar-refractivity contribution is 5.41. The lowest BCUT2D eigenvalue weighted by molar-refractivity contribution is 0.0725. The molecule has 108 valence electrons. The Kier molecular flexibility index (Phi) is 5.03. The number of nitrogen functional groups attached to an aromatic ring is 1. The fourth-order valence-electron chi connectivity index (χ4n) is 1.90. The zero-order chi connectivity index (χ0) is 14.4. The van der Waals surface area contributed by atoms with Crippen LogP contribution >= 0.6 is 0 Å². The Labute approximate surface area is 118 Å². The van der Waals surface area contributed by atoms with Gasteiger partial charge in [-0.3, -0.25) is 4.90 Å². The number of aliphatic hydroxyl groups is 1. The van der Waals surface area contributed by atoms with Crippen LogP contribution in [0.5, 0.6) is 5.75 Å². The van der Waals surface area contributed by atoms with Crippen LogP contribution in [0, 0.1) is 0 Å². The summed E-state index contributed by atoms with van der Waals surface area (Å²) >= 11 is 0. The van der Waals surface area contributed by atoms with Gasteiger partial charge in [0, 0.05) is 12.2 Å². The lowest BCUT2D eigenvalue weighted by Crippen LogP contribution is -2.32. The predicted molar refractivity (Wildman–Crippen MR) is 77.4 cm³/mol. The summed E-state index contributed by atoms with van der Waals surface area (Å²) < 4.78 is 10.8. The van der Waals surface area contributed by atoms with Gasteiger partial charge >= 0.3 is 0 Å². The smallest absolute Gasteiger partial charge is 0.119 e. The Balaban J connectivity index is 1.71. The number of rotatable bonds is 7. The van der Waals surface area contributed by atoms with Crippen LogP contribution in [0.4, 0.5) is 5.69 Å². The summed E-state index contributed by atoms with van der Waals surface area (Å²) in [6.45, 7) is 1.41. The fourth-order valence-corrected chi connectivity index (χ4v) is 1.90. The third-order valence-corrected chi connectivity index (χ3v) is 2.85. The van der Waals surface area contributed by atoms with Gasteiger partial charge in [0.1, 0.15) is 24.2 Å². The van der Waals surface area contributed by atoms with E-state index in [1.807, 2.05) is 24.1 Å². The van der Waals surface area contributed by atoms with Crippen molar-refractivity contribution in [2.75, 3.05) is 25.9 Å². The molecule has 0 fully saturated rings. The van der Waals surface area contributed by atoms with Gasteiger partial charge in [-0.1, -0.05) is 0 Å². The molecule has 0 radical (unpaired) electrons. The van der Waals surface area contributed by atoms with Gasteiger partial charge in [-0.05, 0) is 43.4 Å². The molecule has 0 saturated carbocycles. The summed E-state index contributed by atoms with van der Waals surface area (Å²) in [5.74, 6) is 1.58. The topological polar surface area (TPSA) is 71.9 Å². The summed E-state index contributed by atoms with van der Waals surface area (Å²) in [6.07, 6.45) is 1.08. The van der Waals surface area contributed by atoms with Crippen LogP contribution < -0.4 is 10.5 Å². The first-order chi connectivity index (χ1) is 9.63. The lowest BCUT2D eigenvalue weighted by Gasteiger charge is -2.19. The highest BCUT2D eigenvalue weighted by atomic mass is 16.5. The minimum Gasteiger partial charge on any atom is -0.491 e. The minimum absolute atomic E-state index is 0.242. The predicted octanol–water partition coefficient (Wildman–Crippen LogP) is 1.73. The molecule has 5 heteroatoms. The highest BCUT2D eigenvalue weighted by Crippen LogP contribution is 2.13. The molecule has 20 heavy (non-hydrogen) atoms. The van der Waals surface area contributed by atoms with E-state index in [0.717, 1.165) is 5.76 Å². The molecule has 0 aliphatic carbocycles. The molecule has 1 unspecified atom stereocenters. The van der Waals surface area contributed by atoms with Crippen molar-refractivity contribution >= 4 is 5.69 Å². The van der Waals surface area contributed by atoms with Crippen molar-refractivity contribution in [3.8, 4) is 5.75 Å². The second kappa shape index (κ2) is 6.98. The Bertz CT molecular complexity index is 496. The van der Waals surface area contributed by atoms with Crippen LogP contribution in [-0.4, -0.2) is 36.3 Å². The van der Waals surface area contributed by atoms with E-state index < -0.39 is 6.10 Å². The Hall–Kier alpha value is -1.98. The lowest BCUT2D eigenvalue weighted by atomic mass is 10.3. The highest BCUT2D eigenvalue weighted by Gasteiger charge is 2.10. The Morgan fingerprint density at radius 3 is 2.70 bits per heavy atom. The molecule has 1 atom stereocenters. The first-order valence-corrected chi connectivity index (χ1v) is 6.51. The second-order valence-corrected chi connectivity index (χ2v) is 4.81. The van der Waals surface area contributed by atoms with Crippen molar-refractivity contribution in [3.63, 3.8) is 0 Å². The van der Waals surface area contributed by atoms with E-state index in [1.165, 1.54) is 0 Å². The van der Waals surface area contributed by atoms with Crippen molar-refractivity contribution in [2.24, 2.45) is 0 Å². The van der Waals surface area contributed by atoms with E-state index in [9.17, 15) is 5.11 Å². The number of hydrogen-bond donors (Lipinski definition) is 2. The first kappa shape index (κ1) is 14.4. The largest absolute Gasteiger partial charge is 0.491 e. The van der Waals surface area contributed by atoms with E-state index in [1.54, 1.807) is 30.5 Å². The summed E-state index contributed by atoms with van der Waals surface area (Å²) in [6, 6.07) is 10.9. The average molecular weight is 276 g/mol. The van der Waals surface area contributed by atoms with Gasteiger partial charge in [-0.25, -0.2) is 0 Å². The maximum atomic E-state index is 9.94. The number of aliphatic hydroxyl groups excluding tert-OH is 1. The summed E-state index contributed by atoms with van der Waals surface area (Å²) in [7, 11) is 1.93. The summed E-state index contributed by atoms with van der Waals surface area (Å²) in [5.41, 5.74) is 6.28. The molecule has 1 heterocycles. The number of benzene rings is 1. The Morgan fingerprint density at radius 1 is 1.30 bits per heavy atom. The van der Waals surface area contributed by atoms with Crippen LogP contribution in [0.3, 0.4) is 0 Å². The molecule has 0 spiro atoms. The quantitative estimate of drug-likeness (QED) is 0.754. The normalized spacial score (nSPS) is 12.6. The molecule has 0 amide bonds. The fraction of sp³-hybridized carbons (Fsp3) is 0.333. The van der Waals surface area contributed by atoms with Gasteiger partial charge in [0.2, 0.25) is 0 Å². The van der Waals surface area contributed by atoms with Crippen LogP contribution in [0.2, 0.25) is 0 Å². The minimum atomic E-state index is -0.562. The first-order valence-electron chi connectivity index (χ1n) is 6.51. The third kappa shape index (κ3) is 4.60. The van der Waals surface area contributed by atoms with E-state index in [0.29, 0.717) is 24.5 Å². The molecule has 1 aromatic heterocycles. The van der Waals surface area contributed by atoms with Gasteiger partial charge < -0.3 is 20.0 Å². The van der Waals surface area contributed by atoms with Crippen molar-refractivity contribution in [1.29, 1.82) is 0 Å². The average Bonchev–Trinajstić information content (AvgIpc) is 2.90. The molecule has 2 aromatic rings. The van der Waals surface area contributed by atoms with E-state index >= 15 is 0 Å². The van der Waals surface area contributed by atoms with Crippen molar-refractivity contribution in [3.05, 3.63) is 48.4 Å². The molecule has 0 aliphatic rings. The molecule has 0 saturated heterocycles. The van der Waals surface area contributed by atoms with Gasteiger partial charge in [-0.2, -0.15) is 0 Å². The van der Waals surface area contributed by atoms with E-state index in [-0.39, 0.29) is 6.61 Å². The number of nitrogens with zero attached hydrogens (tertiary/aromatic N) is 1. The molecule has 2 rings (SSSR count). The second-order valence-electron chi connectivity index (χ2n) is 4.81. The van der Waals surface area contributed by atoms with Crippen molar-refractivity contribution < 1.29 is 14.3 Å². The molecular formula is C15H20N2O3. The number of hydrogen-bond acceptors (Lipinski definition) is 5. The zero-order valence-electron chi connectivity index (χ0n) is 11.5. The van der Waals surface area contributed by atoms with Gasteiger partial charge in [-0.15, -0.1) is 0 Å². The number of nitrogens with two attached hydrogens (primary N) is 1.